The minimum Gasteiger partial charge on any atom is -0.467 e. The van der Waals surface area contributed by atoms with Gasteiger partial charge >= 0.3 is 6.03 Å². The normalized spacial score (nSPS) is 19.5. The van der Waals surface area contributed by atoms with Crippen LogP contribution in [0.15, 0.2) is 82.6 Å². The van der Waals surface area contributed by atoms with Crippen molar-refractivity contribution in [1.82, 2.24) is 20.2 Å². The molecule has 0 spiro atoms. The van der Waals surface area contributed by atoms with Crippen molar-refractivity contribution in [2.75, 3.05) is 6.54 Å². The lowest BCUT2D eigenvalue weighted by atomic mass is 10.0. The van der Waals surface area contributed by atoms with Crippen LogP contribution >= 0.6 is 0 Å². The Morgan fingerprint density at radius 2 is 1.89 bits per heavy atom. The van der Waals surface area contributed by atoms with Crippen molar-refractivity contribution < 1.29 is 18.8 Å². The maximum Gasteiger partial charge on any atom is 0.325 e. The van der Waals surface area contributed by atoms with Gasteiger partial charge in [0.2, 0.25) is 0 Å². The lowest BCUT2D eigenvalue weighted by Gasteiger charge is -2.22. The number of urea groups is 1. The summed E-state index contributed by atoms with van der Waals surface area (Å²) in [5, 5.41) is 9.66. The number of hydrazone groups is 1. The van der Waals surface area contributed by atoms with Gasteiger partial charge in [0.25, 0.3) is 11.8 Å². The number of carbonyl (C=O) groups excluding carboxylic acids is 3. The third-order valence-electron chi connectivity index (χ3n) is 6.92. The number of furan rings is 1. The quantitative estimate of drug-likeness (QED) is 0.395. The molecule has 2 aliphatic heterocycles. The predicted molar refractivity (Wildman–Crippen MR) is 137 cm³/mol. The first-order valence-corrected chi connectivity index (χ1v) is 12.1. The molecule has 0 aliphatic carbocycles. The maximum atomic E-state index is 13.4. The summed E-state index contributed by atoms with van der Waals surface area (Å²) in [4.78, 5) is 43.5. The van der Waals surface area contributed by atoms with Gasteiger partial charge in [-0.2, -0.15) is 5.10 Å². The molecule has 1 saturated heterocycles. The molecule has 2 aliphatic rings. The van der Waals surface area contributed by atoms with E-state index >= 15 is 0 Å². The molecule has 0 bridgehead atoms. The zero-order chi connectivity index (χ0) is 25.5. The maximum absolute atomic E-state index is 13.4. The smallest absolute Gasteiger partial charge is 0.325 e. The second kappa shape index (κ2) is 9.09. The third kappa shape index (κ3) is 4.18. The highest BCUT2D eigenvalue weighted by atomic mass is 16.3. The Kier molecular flexibility index (Phi) is 5.60. The van der Waals surface area contributed by atoms with E-state index < -0.39 is 36.5 Å². The number of fused-ring (bicyclic) bond motifs is 1. The van der Waals surface area contributed by atoms with Crippen molar-refractivity contribution >= 4 is 34.5 Å². The molecular formula is C28H25N5O4. The Morgan fingerprint density at radius 1 is 1.08 bits per heavy atom. The lowest BCUT2D eigenvalue weighted by Crippen LogP contribution is -2.41. The molecule has 1 fully saturated rings. The highest BCUT2D eigenvalue weighted by Gasteiger charge is 2.42. The Labute approximate surface area is 212 Å². The summed E-state index contributed by atoms with van der Waals surface area (Å²) in [6.45, 7) is 1.60. The van der Waals surface area contributed by atoms with Crippen LogP contribution in [-0.4, -0.2) is 51.0 Å². The van der Waals surface area contributed by atoms with Gasteiger partial charge in [-0.3, -0.25) is 14.5 Å². The molecule has 2 unspecified atom stereocenters. The first-order valence-electron chi connectivity index (χ1n) is 12.1. The number of aryl methyl sites for hydroxylation is 1. The number of aromatic nitrogens is 1. The van der Waals surface area contributed by atoms with Gasteiger partial charge < -0.3 is 14.7 Å². The van der Waals surface area contributed by atoms with Crippen LogP contribution in [0.25, 0.3) is 10.9 Å². The van der Waals surface area contributed by atoms with Gasteiger partial charge in [0.15, 0.2) is 0 Å². The average molecular weight is 496 g/mol. The standard InChI is InChI=1S/C28H25N5O4/c1-17-8-10-18(11-9-17)22-14-24(25-7-4-12-37-25)33(31-22)26(34)16-32-27(35)23(30-28(32)36)13-19-15-29-21-6-3-2-5-20(19)21/h2-12,15,23-24,29H,13-14,16H2,1H3,(H,30,36). The number of amides is 4. The number of nitrogens with zero attached hydrogens (tertiary/aromatic N) is 3. The van der Waals surface area contributed by atoms with Crippen molar-refractivity contribution in [3.63, 3.8) is 0 Å². The fourth-order valence-corrected chi connectivity index (χ4v) is 4.96. The number of imide groups is 1. The monoisotopic (exact) mass is 495 g/mol. The Balaban J connectivity index is 1.21. The molecule has 2 aromatic carbocycles. The molecule has 4 heterocycles. The van der Waals surface area contributed by atoms with Gasteiger partial charge in [-0.15, -0.1) is 0 Å². The molecule has 2 aromatic heterocycles. The Bertz CT molecular complexity index is 1520. The molecule has 0 radical (unpaired) electrons. The molecule has 4 amide bonds. The summed E-state index contributed by atoms with van der Waals surface area (Å²) in [6, 6.07) is 17.5. The van der Waals surface area contributed by atoms with Crippen LogP contribution in [0.4, 0.5) is 4.79 Å². The average Bonchev–Trinajstić information content (AvgIpc) is 3.69. The molecule has 4 aromatic rings. The minimum absolute atomic E-state index is 0.327. The van der Waals surface area contributed by atoms with Crippen LogP contribution in [-0.2, 0) is 16.0 Å². The SMILES string of the molecule is Cc1ccc(C2=NN(C(=O)CN3C(=O)NC(Cc4c[nH]c5ccccc45)C3=O)C(c3ccco3)C2)cc1. The molecule has 2 atom stereocenters. The summed E-state index contributed by atoms with van der Waals surface area (Å²) < 4.78 is 5.59. The van der Waals surface area contributed by atoms with Crippen LogP contribution in [0.1, 0.15) is 34.9 Å². The van der Waals surface area contributed by atoms with Crippen molar-refractivity contribution in [3.05, 3.63) is 95.6 Å². The molecule has 37 heavy (non-hydrogen) atoms. The van der Waals surface area contributed by atoms with Gasteiger partial charge in [-0.25, -0.2) is 9.80 Å². The van der Waals surface area contributed by atoms with Gasteiger partial charge in [0.1, 0.15) is 24.4 Å². The number of H-pyrrole nitrogens is 1. The highest BCUT2D eigenvalue weighted by molar-refractivity contribution is 6.07. The number of nitrogens with one attached hydrogen (secondary N) is 2. The van der Waals surface area contributed by atoms with E-state index in [4.69, 9.17) is 4.42 Å². The zero-order valence-electron chi connectivity index (χ0n) is 20.2. The summed E-state index contributed by atoms with van der Waals surface area (Å²) >= 11 is 0. The number of rotatable bonds is 6. The summed E-state index contributed by atoms with van der Waals surface area (Å²) in [5.41, 5.74) is 4.66. The molecule has 9 nitrogen and oxygen atoms in total. The van der Waals surface area contributed by atoms with E-state index in [1.807, 2.05) is 61.7 Å². The molecule has 0 saturated carbocycles. The number of hydrogen-bond donors (Lipinski definition) is 2. The van der Waals surface area contributed by atoms with Crippen LogP contribution in [0, 0.1) is 6.92 Å². The second-order valence-electron chi connectivity index (χ2n) is 9.38. The van der Waals surface area contributed by atoms with Gasteiger partial charge in [-0.05, 0) is 36.2 Å². The van der Waals surface area contributed by atoms with E-state index in [2.05, 4.69) is 15.4 Å². The number of hydrogen-bond acceptors (Lipinski definition) is 5. The van der Waals surface area contributed by atoms with Crippen molar-refractivity contribution in [2.45, 2.75) is 31.8 Å². The zero-order valence-corrected chi connectivity index (χ0v) is 20.2. The van der Waals surface area contributed by atoms with Crippen LogP contribution in [0.3, 0.4) is 0 Å². The van der Waals surface area contributed by atoms with Crippen LogP contribution in [0.5, 0.6) is 0 Å². The molecule has 9 heteroatoms. The summed E-state index contributed by atoms with van der Waals surface area (Å²) in [5.74, 6) is -0.298. The van der Waals surface area contributed by atoms with Gasteiger partial charge in [0, 0.05) is 29.9 Å². The fraction of sp³-hybridized carbons (Fsp3) is 0.214. The lowest BCUT2D eigenvalue weighted by molar-refractivity contribution is -0.138. The van der Waals surface area contributed by atoms with E-state index in [0.717, 1.165) is 38.2 Å². The third-order valence-corrected chi connectivity index (χ3v) is 6.92. The number of aromatic amines is 1. The van der Waals surface area contributed by atoms with Crippen molar-refractivity contribution in [1.29, 1.82) is 0 Å². The molecule has 2 N–H and O–H groups in total. The molecule has 6 rings (SSSR count). The Hall–Kier alpha value is -4.66. The van der Waals surface area contributed by atoms with E-state index in [9.17, 15) is 14.4 Å². The first kappa shape index (κ1) is 22.8. The topological polar surface area (TPSA) is 111 Å². The van der Waals surface area contributed by atoms with Crippen molar-refractivity contribution in [3.8, 4) is 0 Å². The second-order valence-corrected chi connectivity index (χ2v) is 9.38. The number of para-hydroxylation sites is 1. The minimum atomic E-state index is -0.745. The van der Waals surface area contributed by atoms with E-state index in [1.54, 1.807) is 18.4 Å². The Morgan fingerprint density at radius 3 is 2.68 bits per heavy atom. The van der Waals surface area contributed by atoms with Crippen LogP contribution in [0.2, 0.25) is 0 Å². The number of carbonyl (C=O) groups is 3. The van der Waals surface area contributed by atoms with E-state index in [1.165, 1.54) is 5.01 Å². The molecular weight excluding hydrogens is 470 g/mol. The van der Waals surface area contributed by atoms with E-state index in [-0.39, 0.29) is 0 Å². The first-order chi connectivity index (χ1) is 18.0. The van der Waals surface area contributed by atoms with Crippen molar-refractivity contribution in [2.24, 2.45) is 5.10 Å². The predicted octanol–water partition coefficient (Wildman–Crippen LogP) is 3.91. The summed E-state index contributed by atoms with van der Waals surface area (Å²) in [7, 11) is 0. The van der Waals surface area contributed by atoms with Crippen LogP contribution < -0.4 is 5.32 Å². The molecule has 186 valence electrons. The number of benzene rings is 2. The van der Waals surface area contributed by atoms with Gasteiger partial charge in [-0.1, -0.05) is 48.0 Å². The largest absolute Gasteiger partial charge is 0.467 e. The fourth-order valence-electron chi connectivity index (χ4n) is 4.96. The highest BCUT2D eigenvalue weighted by Crippen LogP contribution is 2.33. The van der Waals surface area contributed by atoms with Gasteiger partial charge in [0.05, 0.1) is 12.0 Å². The summed E-state index contributed by atoms with van der Waals surface area (Å²) in [6.07, 6.45) is 4.19. The van der Waals surface area contributed by atoms with E-state index in [0.29, 0.717) is 18.6 Å².